The van der Waals surface area contributed by atoms with E-state index < -0.39 is 0 Å². The number of nitrogens with zero attached hydrogens (tertiary/aromatic N) is 3. The average molecular weight is 441 g/mol. The molecule has 0 aliphatic carbocycles. The number of urea groups is 1. The molecule has 0 bridgehead atoms. The zero-order valence-electron chi connectivity index (χ0n) is 20.3. The zero-order valence-corrected chi connectivity index (χ0v) is 20.3. The van der Waals surface area contributed by atoms with Gasteiger partial charge in [-0.3, -0.25) is 4.79 Å². The monoisotopic (exact) mass is 440 g/mol. The zero-order chi connectivity index (χ0) is 22.9. The number of carbonyl (C=O) groups is 2. The topological polar surface area (TPSA) is 55.9 Å². The molecule has 2 spiro atoms. The van der Waals surface area contributed by atoms with Crippen molar-refractivity contribution >= 4 is 17.6 Å². The molecule has 3 heterocycles. The maximum Gasteiger partial charge on any atom is 0.321 e. The Labute approximate surface area is 193 Å². The van der Waals surface area contributed by atoms with E-state index in [9.17, 15) is 9.59 Å². The highest BCUT2D eigenvalue weighted by Crippen LogP contribution is 2.57. The van der Waals surface area contributed by atoms with Crippen molar-refractivity contribution < 1.29 is 9.59 Å². The average Bonchev–Trinajstić information content (AvgIpc) is 3.25. The fourth-order valence-electron chi connectivity index (χ4n) is 6.41. The summed E-state index contributed by atoms with van der Waals surface area (Å²) >= 11 is 0. The van der Waals surface area contributed by atoms with E-state index in [1.165, 1.54) is 5.56 Å². The second kappa shape index (κ2) is 9.05. The lowest BCUT2D eigenvalue weighted by Gasteiger charge is -2.47. The molecule has 1 aromatic rings. The molecule has 3 saturated heterocycles. The Morgan fingerprint density at radius 2 is 1.72 bits per heavy atom. The van der Waals surface area contributed by atoms with E-state index in [0.717, 1.165) is 77.2 Å². The number of aryl methyl sites for hydroxylation is 1. The van der Waals surface area contributed by atoms with E-state index in [4.69, 9.17) is 0 Å². The summed E-state index contributed by atoms with van der Waals surface area (Å²) in [5.74, 6) is 0.950. The van der Waals surface area contributed by atoms with Crippen molar-refractivity contribution in [2.75, 3.05) is 51.1 Å². The van der Waals surface area contributed by atoms with Crippen LogP contribution in [0.3, 0.4) is 0 Å². The van der Waals surface area contributed by atoms with Gasteiger partial charge >= 0.3 is 6.03 Å². The summed E-state index contributed by atoms with van der Waals surface area (Å²) in [6, 6.07) is 8.07. The summed E-state index contributed by atoms with van der Waals surface area (Å²) in [5, 5.41) is 3.06. The van der Waals surface area contributed by atoms with Crippen LogP contribution in [0.1, 0.15) is 52.5 Å². The molecule has 0 radical (unpaired) electrons. The first-order valence-corrected chi connectivity index (χ1v) is 12.5. The van der Waals surface area contributed by atoms with Crippen LogP contribution < -0.4 is 5.32 Å². The number of likely N-dealkylation sites (tertiary alicyclic amines) is 3. The first kappa shape index (κ1) is 23.1. The van der Waals surface area contributed by atoms with Crippen molar-refractivity contribution in [3.05, 3.63) is 29.8 Å². The second-order valence-electron chi connectivity index (χ2n) is 10.5. The summed E-state index contributed by atoms with van der Waals surface area (Å²) in [4.78, 5) is 33.0. The summed E-state index contributed by atoms with van der Waals surface area (Å²) in [6.45, 7) is 14.8. The normalized spacial score (nSPS) is 25.5. The van der Waals surface area contributed by atoms with E-state index in [1.807, 2.05) is 17.0 Å². The van der Waals surface area contributed by atoms with Crippen molar-refractivity contribution in [3.63, 3.8) is 0 Å². The molecular formula is C26H40N4O2. The van der Waals surface area contributed by atoms with Crippen LogP contribution in [0.2, 0.25) is 0 Å². The largest absolute Gasteiger partial charge is 0.342 e. The molecule has 0 aromatic heterocycles. The maximum absolute atomic E-state index is 13.6. The van der Waals surface area contributed by atoms with E-state index in [1.54, 1.807) is 0 Å². The first-order valence-electron chi connectivity index (χ1n) is 12.5. The molecular weight excluding hydrogens is 400 g/mol. The van der Waals surface area contributed by atoms with Gasteiger partial charge in [-0.1, -0.05) is 32.9 Å². The molecule has 0 saturated carbocycles. The van der Waals surface area contributed by atoms with Crippen LogP contribution in [0.15, 0.2) is 24.3 Å². The number of hydrogen-bond donors (Lipinski definition) is 1. The van der Waals surface area contributed by atoms with Gasteiger partial charge in [0.15, 0.2) is 0 Å². The van der Waals surface area contributed by atoms with Crippen LogP contribution >= 0.6 is 0 Å². The summed E-state index contributed by atoms with van der Waals surface area (Å²) in [5.41, 5.74) is 1.83. The number of piperidine rings is 1. The molecule has 176 valence electrons. The first-order chi connectivity index (χ1) is 15.3. The van der Waals surface area contributed by atoms with Crippen molar-refractivity contribution in [3.8, 4) is 0 Å². The molecule has 3 aliphatic rings. The van der Waals surface area contributed by atoms with Crippen LogP contribution in [0.25, 0.3) is 0 Å². The lowest BCUT2D eigenvalue weighted by atomic mass is 9.60. The molecule has 0 unspecified atom stereocenters. The number of rotatable bonds is 5. The predicted octanol–water partition coefficient (Wildman–Crippen LogP) is 4.07. The molecule has 1 atom stereocenters. The van der Waals surface area contributed by atoms with Gasteiger partial charge in [-0.2, -0.15) is 0 Å². The molecule has 3 aliphatic heterocycles. The molecule has 1 N–H and O–H groups in total. The Morgan fingerprint density at radius 3 is 2.28 bits per heavy atom. The van der Waals surface area contributed by atoms with Crippen molar-refractivity contribution in [2.24, 2.45) is 16.7 Å². The SMILES string of the molecule is CCc1ccc(NC(=O)N2CCC3(CC2)CN(CC(C)C)C[C@]32CCN(CC)C2=O)cc1. The molecule has 4 rings (SSSR count). The molecule has 32 heavy (non-hydrogen) atoms. The second-order valence-corrected chi connectivity index (χ2v) is 10.5. The van der Waals surface area contributed by atoms with Gasteiger partial charge in [0.05, 0.1) is 5.41 Å². The fourth-order valence-corrected chi connectivity index (χ4v) is 6.41. The third-order valence-corrected chi connectivity index (χ3v) is 8.17. The summed E-state index contributed by atoms with van der Waals surface area (Å²) < 4.78 is 0. The van der Waals surface area contributed by atoms with E-state index in [0.29, 0.717) is 11.8 Å². The van der Waals surface area contributed by atoms with Crippen LogP contribution in [0, 0.1) is 16.7 Å². The van der Waals surface area contributed by atoms with E-state index in [2.05, 4.69) is 54.9 Å². The smallest absolute Gasteiger partial charge is 0.321 e. The summed E-state index contributed by atoms with van der Waals surface area (Å²) in [7, 11) is 0. The number of fused-ring (bicyclic) bond motifs is 1. The third kappa shape index (κ3) is 4.02. The van der Waals surface area contributed by atoms with Crippen LogP contribution in [0.5, 0.6) is 0 Å². The Morgan fingerprint density at radius 1 is 1.03 bits per heavy atom. The fraction of sp³-hybridized carbons (Fsp3) is 0.692. The van der Waals surface area contributed by atoms with Gasteiger partial charge in [0.2, 0.25) is 5.91 Å². The number of benzene rings is 1. The number of hydrogen-bond acceptors (Lipinski definition) is 3. The number of anilines is 1. The highest BCUT2D eigenvalue weighted by molar-refractivity contribution is 5.90. The van der Waals surface area contributed by atoms with Gasteiger partial charge in [-0.25, -0.2) is 4.79 Å². The molecule has 3 amide bonds. The van der Waals surface area contributed by atoms with Gasteiger partial charge < -0.3 is 20.0 Å². The molecule has 1 aromatic carbocycles. The van der Waals surface area contributed by atoms with Gasteiger partial charge in [0, 0.05) is 56.9 Å². The van der Waals surface area contributed by atoms with E-state index in [-0.39, 0.29) is 16.9 Å². The third-order valence-electron chi connectivity index (χ3n) is 8.17. The number of nitrogens with one attached hydrogen (secondary N) is 1. The Balaban J connectivity index is 1.46. The minimum absolute atomic E-state index is 0.0115. The molecule has 3 fully saturated rings. The molecule has 6 nitrogen and oxygen atoms in total. The standard InChI is InChI=1S/C26H40N4O2/c1-5-21-7-9-22(10-8-21)27-24(32)30-14-11-25(12-15-30)18-28(17-20(3)4)19-26(25)13-16-29(6-2)23(26)31/h7-10,20H,5-6,11-19H2,1-4H3,(H,27,32)/t26-/m0/s1. The Bertz CT molecular complexity index is 829. The van der Waals surface area contributed by atoms with Crippen molar-refractivity contribution in [2.45, 2.75) is 53.4 Å². The highest BCUT2D eigenvalue weighted by Gasteiger charge is 2.64. The number of amides is 3. The quantitative estimate of drug-likeness (QED) is 0.751. The van der Waals surface area contributed by atoms with Gasteiger partial charge in [0.1, 0.15) is 0 Å². The number of carbonyl (C=O) groups excluding carboxylic acids is 2. The van der Waals surface area contributed by atoms with Crippen LogP contribution in [-0.2, 0) is 11.2 Å². The van der Waals surface area contributed by atoms with Crippen LogP contribution in [0.4, 0.5) is 10.5 Å². The highest BCUT2D eigenvalue weighted by atomic mass is 16.2. The minimum atomic E-state index is -0.267. The maximum atomic E-state index is 13.6. The minimum Gasteiger partial charge on any atom is -0.342 e. The Hall–Kier alpha value is -2.08. The van der Waals surface area contributed by atoms with Gasteiger partial charge in [-0.15, -0.1) is 0 Å². The van der Waals surface area contributed by atoms with Gasteiger partial charge in [-0.05, 0) is 56.2 Å². The lowest BCUT2D eigenvalue weighted by molar-refractivity contribution is -0.141. The summed E-state index contributed by atoms with van der Waals surface area (Å²) in [6.07, 6.45) is 3.77. The van der Waals surface area contributed by atoms with E-state index >= 15 is 0 Å². The van der Waals surface area contributed by atoms with Gasteiger partial charge in [0.25, 0.3) is 0 Å². The molecule has 6 heteroatoms. The van der Waals surface area contributed by atoms with Crippen molar-refractivity contribution in [1.82, 2.24) is 14.7 Å². The Kier molecular flexibility index (Phi) is 6.53. The van der Waals surface area contributed by atoms with Crippen molar-refractivity contribution in [1.29, 1.82) is 0 Å². The predicted molar refractivity (Wildman–Crippen MR) is 129 cm³/mol. The lowest BCUT2D eigenvalue weighted by Crippen LogP contribution is -2.54. The van der Waals surface area contributed by atoms with Crippen LogP contribution in [-0.4, -0.2) is 72.5 Å².